The molecule has 0 atom stereocenters. The van der Waals surface area contributed by atoms with Crippen LogP contribution in [0, 0.1) is 0 Å². The molecule has 0 amide bonds. The maximum Gasteiger partial charge on any atom is 0.204 e. The van der Waals surface area contributed by atoms with Crippen molar-refractivity contribution in [3.8, 4) is 0 Å². The summed E-state index contributed by atoms with van der Waals surface area (Å²) in [5.41, 5.74) is 0. The van der Waals surface area contributed by atoms with Gasteiger partial charge in [0.15, 0.2) is 0 Å². The van der Waals surface area contributed by atoms with Crippen LogP contribution in [0.1, 0.15) is 25.7 Å². The molecule has 0 saturated heterocycles. The average molecular weight is 226 g/mol. The van der Waals surface area contributed by atoms with Gasteiger partial charge in [-0.15, -0.1) is 0 Å². The average Bonchev–Trinajstić information content (AvgIpc) is 2.82. The van der Waals surface area contributed by atoms with E-state index in [0.29, 0.717) is 12.1 Å². The van der Waals surface area contributed by atoms with Gasteiger partial charge in [-0.05, 0) is 32.7 Å². The highest BCUT2D eigenvalue weighted by Gasteiger charge is 2.24. The number of nitrogens with zero attached hydrogens (tertiary/aromatic N) is 3. The maximum absolute atomic E-state index is 4.25. The van der Waals surface area contributed by atoms with Gasteiger partial charge in [0, 0.05) is 30.7 Å². The summed E-state index contributed by atoms with van der Waals surface area (Å²) in [6.45, 7) is 0. The smallest absolute Gasteiger partial charge is 0.204 e. The van der Waals surface area contributed by atoms with Crippen molar-refractivity contribution in [2.75, 3.05) is 19.0 Å². The van der Waals surface area contributed by atoms with E-state index in [9.17, 15) is 0 Å². The molecule has 1 N–H and O–H groups in total. The summed E-state index contributed by atoms with van der Waals surface area (Å²) in [6, 6.07) is 1.35. The molecule has 0 bridgehead atoms. The lowest BCUT2D eigenvalue weighted by atomic mass is 9.91. The zero-order chi connectivity index (χ0) is 10.7. The van der Waals surface area contributed by atoms with Gasteiger partial charge >= 0.3 is 0 Å². The first kappa shape index (κ1) is 10.8. The molecule has 1 aliphatic rings. The first-order chi connectivity index (χ1) is 7.31. The van der Waals surface area contributed by atoms with E-state index in [1.54, 1.807) is 6.33 Å². The minimum atomic E-state index is 0.641. The number of rotatable bonds is 3. The molecule has 1 saturated carbocycles. The van der Waals surface area contributed by atoms with Gasteiger partial charge in [-0.25, -0.2) is 4.98 Å². The van der Waals surface area contributed by atoms with Gasteiger partial charge in [-0.3, -0.25) is 0 Å². The van der Waals surface area contributed by atoms with Gasteiger partial charge in [-0.2, -0.15) is 4.37 Å². The minimum absolute atomic E-state index is 0.641. The topological polar surface area (TPSA) is 41.0 Å². The Labute approximate surface area is 94.9 Å². The summed E-state index contributed by atoms with van der Waals surface area (Å²) < 4.78 is 4.05. The third kappa shape index (κ3) is 2.46. The molecule has 1 heterocycles. The molecular weight excluding hydrogens is 208 g/mol. The van der Waals surface area contributed by atoms with Crippen LogP contribution >= 0.6 is 11.5 Å². The Balaban J connectivity index is 1.90. The molecule has 0 unspecified atom stereocenters. The van der Waals surface area contributed by atoms with E-state index >= 15 is 0 Å². The molecule has 1 aliphatic carbocycles. The minimum Gasteiger partial charge on any atom is -0.347 e. The SMILES string of the molecule is CNC1CCC(N(C)c2ncns2)CC1. The largest absolute Gasteiger partial charge is 0.347 e. The highest BCUT2D eigenvalue weighted by molar-refractivity contribution is 7.09. The van der Waals surface area contributed by atoms with Gasteiger partial charge in [0.05, 0.1) is 0 Å². The number of aromatic nitrogens is 2. The van der Waals surface area contributed by atoms with Crippen LogP contribution in [-0.2, 0) is 0 Å². The van der Waals surface area contributed by atoms with Crippen molar-refractivity contribution in [1.29, 1.82) is 0 Å². The molecule has 0 spiro atoms. The van der Waals surface area contributed by atoms with Crippen molar-refractivity contribution in [2.45, 2.75) is 37.8 Å². The fourth-order valence-electron chi connectivity index (χ4n) is 2.23. The van der Waals surface area contributed by atoms with Gasteiger partial charge in [-0.1, -0.05) is 0 Å². The predicted octanol–water partition coefficient (Wildman–Crippen LogP) is 1.50. The molecule has 1 aromatic heterocycles. The molecule has 84 valence electrons. The summed E-state index contributed by atoms with van der Waals surface area (Å²) in [6.07, 6.45) is 6.67. The Kier molecular flexibility index (Phi) is 3.53. The molecule has 0 aromatic carbocycles. The number of hydrogen-bond acceptors (Lipinski definition) is 5. The lowest BCUT2D eigenvalue weighted by Gasteiger charge is -2.34. The third-order valence-electron chi connectivity index (χ3n) is 3.30. The predicted molar refractivity (Wildman–Crippen MR) is 63.4 cm³/mol. The van der Waals surface area contributed by atoms with Crippen LogP contribution in [0.25, 0.3) is 0 Å². The number of nitrogens with one attached hydrogen (secondary N) is 1. The zero-order valence-electron chi connectivity index (χ0n) is 9.31. The second kappa shape index (κ2) is 4.90. The quantitative estimate of drug-likeness (QED) is 0.848. The molecule has 1 fully saturated rings. The van der Waals surface area contributed by atoms with Crippen LogP contribution in [0.3, 0.4) is 0 Å². The van der Waals surface area contributed by atoms with Crippen LogP contribution in [-0.4, -0.2) is 35.5 Å². The van der Waals surface area contributed by atoms with Crippen LogP contribution in [0.4, 0.5) is 5.13 Å². The van der Waals surface area contributed by atoms with Gasteiger partial charge in [0.25, 0.3) is 0 Å². The van der Waals surface area contributed by atoms with Crippen LogP contribution in [0.15, 0.2) is 6.33 Å². The monoisotopic (exact) mass is 226 g/mol. The zero-order valence-corrected chi connectivity index (χ0v) is 10.1. The Bertz CT molecular complexity index is 280. The number of hydrogen-bond donors (Lipinski definition) is 1. The molecule has 0 aliphatic heterocycles. The van der Waals surface area contributed by atoms with Gasteiger partial charge in [0.1, 0.15) is 6.33 Å². The van der Waals surface area contributed by atoms with E-state index in [-0.39, 0.29) is 0 Å². The summed E-state index contributed by atoms with van der Waals surface area (Å²) in [5.74, 6) is 0. The van der Waals surface area contributed by atoms with Gasteiger partial charge < -0.3 is 10.2 Å². The second-order valence-corrected chi connectivity index (χ2v) is 4.89. The Morgan fingerprint density at radius 1 is 1.40 bits per heavy atom. The molecule has 5 heteroatoms. The van der Waals surface area contributed by atoms with E-state index in [1.807, 2.05) is 0 Å². The summed E-state index contributed by atoms with van der Waals surface area (Å²) in [5, 5.41) is 4.40. The fraction of sp³-hybridized carbons (Fsp3) is 0.800. The lowest BCUT2D eigenvalue weighted by Crippen LogP contribution is -2.39. The van der Waals surface area contributed by atoms with Crippen molar-refractivity contribution in [3.05, 3.63) is 6.33 Å². The van der Waals surface area contributed by atoms with Crippen LogP contribution in [0.2, 0.25) is 0 Å². The molecule has 4 nitrogen and oxygen atoms in total. The normalized spacial score (nSPS) is 26.5. The molecule has 2 rings (SSSR count). The highest BCUT2D eigenvalue weighted by atomic mass is 32.1. The summed E-state index contributed by atoms with van der Waals surface area (Å²) in [4.78, 5) is 6.53. The Hall–Kier alpha value is -0.680. The van der Waals surface area contributed by atoms with Crippen molar-refractivity contribution < 1.29 is 0 Å². The van der Waals surface area contributed by atoms with E-state index in [0.717, 1.165) is 5.13 Å². The first-order valence-electron chi connectivity index (χ1n) is 5.48. The van der Waals surface area contributed by atoms with Crippen LogP contribution in [0.5, 0.6) is 0 Å². The molecule has 0 radical (unpaired) electrons. The lowest BCUT2D eigenvalue weighted by molar-refractivity contribution is 0.351. The summed E-state index contributed by atoms with van der Waals surface area (Å²) >= 11 is 1.48. The Morgan fingerprint density at radius 2 is 2.13 bits per heavy atom. The van der Waals surface area contributed by atoms with E-state index in [2.05, 4.69) is 33.7 Å². The fourth-order valence-corrected chi connectivity index (χ4v) is 2.79. The van der Waals surface area contributed by atoms with Crippen molar-refractivity contribution in [1.82, 2.24) is 14.7 Å². The van der Waals surface area contributed by atoms with Crippen molar-refractivity contribution in [2.24, 2.45) is 0 Å². The molecule has 15 heavy (non-hydrogen) atoms. The second-order valence-electron chi connectivity index (χ2n) is 4.13. The van der Waals surface area contributed by atoms with E-state index in [1.165, 1.54) is 37.2 Å². The molecule has 1 aromatic rings. The summed E-state index contributed by atoms with van der Waals surface area (Å²) in [7, 11) is 4.18. The van der Waals surface area contributed by atoms with E-state index < -0.39 is 0 Å². The van der Waals surface area contributed by atoms with Crippen LogP contribution < -0.4 is 10.2 Å². The first-order valence-corrected chi connectivity index (χ1v) is 6.25. The van der Waals surface area contributed by atoms with Crippen molar-refractivity contribution >= 4 is 16.7 Å². The third-order valence-corrected chi connectivity index (χ3v) is 4.06. The van der Waals surface area contributed by atoms with E-state index in [4.69, 9.17) is 0 Å². The highest BCUT2D eigenvalue weighted by Crippen LogP contribution is 2.26. The Morgan fingerprint density at radius 3 is 2.67 bits per heavy atom. The van der Waals surface area contributed by atoms with Gasteiger partial charge in [0.2, 0.25) is 5.13 Å². The number of anilines is 1. The maximum atomic E-state index is 4.25. The molecular formula is C10H18N4S. The van der Waals surface area contributed by atoms with Crippen molar-refractivity contribution in [3.63, 3.8) is 0 Å². The standard InChI is InChI=1S/C10H18N4S/c1-11-8-3-5-9(6-4-8)14(2)10-12-7-13-15-10/h7-9,11H,3-6H2,1-2H3.